The van der Waals surface area contributed by atoms with Crippen LogP contribution in [-0.2, 0) is 0 Å². The van der Waals surface area contributed by atoms with E-state index in [0.29, 0.717) is 0 Å². The monoisotopic (exact) mass is 257 g/mol. The van der Waals surface area contributed by atoms with Crippen LogP contribution in [0.5, 0.6) is 5.75 Å². The molecule has 4 nitrogen and oxygen atoms in total. The van der Waals surface area contributed by atoms with E-state index >= 15 is 0 Å². The van der Waals surface area contributed by atoms with E-state index in [2.05, 4.69) is 9.72 Å². The molecule has 8 heteroatoms. The number of halogens is 4. The molecule has 1 aromatic heterocycles. The molecular formula is C8H7ClF3NO3. The normalized spacial score (nSPS) is 10.4. The lowest BCUT2D eigenvalue weighted by molar-refractivity contribution is -0.153. The van der Waals surface area contributed by atoms with Gasteiger partial charge in [-0.3, -0.25) is 4.98 Å². The first-order valence-electron chi connectivity index (χ1n) is 3.77. The van der Waals surface area contributed by atoms with Crippen LogP contribution in [-0.4, -0.2) is 28.8 Å². The molecule has 0 unspecified atom stereocenters. The summed E-state index contributed by atoms with van der Waals surface area (Å²) in [6, 6.07) is 1.06. The second-order valence-electron chi connectivity index (χ2n) is 2.58. The van der Waals surface area contributed by atoms with Crippen molar-refractivity contribution >= 4 is 18.4 Å². The van der Waals surface area contributed by atoms with Crippen LogP contribution in [0.1, 0.15) is 10.4 Å². The zero-order chi connectivity index (χ0) is 11.5. The van der Waals surface area contributed by atoms with E-state index < -0.39 is 24.5 Å². The molecule has 90 valence electrons. The first-order valence-corrected chi connectivity index (χ1v) is 3.77. The van der Waals surface area contributed by atoms with Gasteiger partial charge < -0.3 is 9.84 Å². The van der Waals surface area contributed by atoms with Crippen molar-refractivity contribution in [2.24, 2.45) is 0 Å². The number of ether oxygens (including phenoxy) is 1. The highest BCUT2D eigenvalue weighted by Crippen LogP contribution is 2.20. The van der Waals surface area contributed by atoms with Gasteiger partial charge in [0.2, 0.25) is 0 Å². The Hall–Kier alpha value is -1.50. The van der Waals surface area contributed by atoms with Gasteiger partial charge in [-0.05, 0) is 6.07 Å². The molecule has 0 aliphatic rings. The molecule has 0 amide bonds. The highest BCUT2D eigenvalue weighted by atomic mass is 35.5. The van der Waals surface area contributed by atoms with Crippen LogP contribution in [0.2, 0.25) is 0 Å². The molecule has 0 saturated heterocycles. The second kappa shape index (κ2) is 5.55. The molecule has 1 heterocycles. The third kappa shape index (κ3) is 4.35. The zero-order valence-corrected chi connectivity index (χ0v) is 8.51. The van der Waals surface area contributed by atoms with Crippen molar-refractivity contribution in [1.29, 1.82) is 0 Å². The van der Waals surface area contributed by atoms with E-state index in [1.807, 2.05) is 0 Å². The summed E-state index contributed by atoms with van der Waals surface area (Å²) < 4.78 is 39.6. The van der Waals surface area contributed by atoms with Crippen molar-refractivity contribution in [3.63, 3.8) is 0 Å². The van der Waals surface area contributed by atoms with Gasteiger partial charge in [0, 0.05) is 6.20 Å². The highest BCUT2D eigenvalue weighted by molar-refractivity contribution is 5.90. The molecule has 1 rings (SSSR count). The fourth-order valence-electron chi connectivity index (χ4n) is 0.831. The molecule has 1 N–H and O–H groups in total. The minimum absolute atomic E-state index is 0. The van der Waals surface area contributed by atoms with Crippen LogP contribution in [0, 0.1) is 0 Å². The maximum atomic E-state index is 11.8. The van der Waals surface area contributed by atoms with Gasteiger partial charge in [0.15, 0.2) is 12.4 Å². The van der Waals surface area contributed by atoms with Crippen LogP contribution >= 0.6 is 12.4 Å². The average molecular weight is 258 g/mol. The third-order valence-electron chi connectivity index (χ3n) is 1.41. The Bertz CT molecular complexity index is 370. The summed E-state index contributed by atoms with van der Waals surface area (Å²) in [5.41, 5.74) is -0.353. The zero-order valence-electron chi connectivity index (χ0n) is 7.69. The van der Waals surface area contributed by atoms with Gasteiger partial charge in [0.25, 0.3) is 0 Å². The molecule has 0 fully saturated rings. The Morgan fingerprint density at radius 1 is 1.50 bits per heavy atom. The standard InChI is InChI=1S/C8H6F3NO3.ClH/c9-8(10,11)4-15-6-3-12-2-1-5(6)7(13)14;/h1-3H,4H2,(H,13,14);1H. The van der Waals surface area contributed by atoms with Gasteiger partial charge in [-0.15, -0.1) is 12.4 Å². The lowest BCUT2D eigenvalue weighted by Crippen LogP contribution is -2.20. The Morgan fingerprint density at radius 2 is 2.12 bits per heavy atom. The number of carbonyl (C=O) groups is 1. The smallest absolute Gasteiger partial charge is 0.422 e. The average Bonchev–Trinajstić information content (AvgIpc) is 2.14. The summed E-state index contributed by atoms with van der Waals surface area (Å²) in [5, 5.41) is 8.61. The first kappa shape index (κ1) is 14.5. The van der Waals surface area contributed by atoms with Gasteiger partial charge >= 0.3 is 12.1 Å². The molecule has 0 bridgehead atoms. The number of aromatic carboxylic acids is 1. The van der Waals surface area contributed by atoms with E-state index in [-0.39, 0.29) is 18.0 Å². The number of carboxylic acid groups (broad SMARTS) is 1. The number of nitrogens with zero attached hydrogens (tertiary/aromatic N) is 1. The summed E-state index contributed by atoms with van der Waals surface area (Å²) in [6.45, 7) is -1.54. The van der Waals surface area contributed by atoms with Crippen molar-refractivity contribution in [1.82, 2.24) is 4.98 Å². The van der Waals surface area contributed by atoms with Crippen LogP contribution in [0.25, 0.3) is 0 Å². The SMILES string of the molecule is Cl.O=C(O)c1ccncc1OCC(F)(F)F. The number of aromatic nitrogens is 1. The van der Waals surface area contributed by atoms with Crippen molar-refractivity contribution in [2.75, 3.05) is 6.61 Å². The van der Waals surface area contributed by atoms with Crippen molar-refractivity contribution in [3.05, 3.63) is 24.0 Å². The van der Waals surface area contributed by atoms with Crippen molar-refractivity contribution in [2.45, 2.75) is 6.18 Å². The van der Waals surface area contributed by atoms with Gasteiger partial charge in [-0.2, -0.15) is 13.2 Å². The van der Waals surface area contributed by atoms with Crippen LogP contribution < -0.4 is 4.74 Å². The number of pyridine rings is 1. The van der Waals surface area contributed by atoms with Gasteiger partial charge in [0.05, 0.1) is 6.20 Å². The van der Waals surface area contributed by atoms with Gasteiger partial charge in [0.1, 0.15) is 5.56 Å². The van der Waals surface area contributed by atoms with E-state index in [1.165, 1.54) is 0 Å². The summed E-state index contributed by atoms with van der Waals surface area (Å²) >= 11 is 0. The second-order valence-corrected chi connectivity index (χ2v) is 2.58. The first-order chi connectivity index (χ1) is 6.90. The summed E-state index contributed by atoms with van der Waals surface area (Å²) in [4.78, 5) is 14.0. The van der Waals surface area contributed by atoms with E-state index in [0.717, 1.165) is 18.5 Å². The number of alkyl halides is 3. The Labute approximate surface area is 94.5 Å². The van der Waals surface area contributed by atoms with Gasteiger partial charge in [-0.25, -0.2) is 4.79 Å². The molecule has 0 aromatic carbocycles. The van der Waals surface area contributed by atoms with Crippen LogP contribution in [0.15, 0.2) is 18.5 Å². The predicted molar refractivity (Wildman–Crippen MR) is 50.0 cm³/mol. The van der Waals surface area contributed by atoms with E-state index in [9.17, 15) is 18.0 Å². The maximum Gasteiger partial charge on any atom is 0.422 e. The minimum Gasteiger partial charge on any atom is -0.482 e. The number of hydrogen-bond acceptors (Lipinski definition) is 3. The Balaban J connectivity index is 0.00000225. The van der Waals surface area contributed by atoms with Gasteiger partial charge in [-0.1, -0.05) is 0 Å². The maximum absolute atomic E-state index is 11.8. The van der Waals surface area contributed by atoms with E-state index in [1.54, 1.807) is 0 Å². The summed E-state index contributed by atoms with van der Waals surface area (Å²) in [6.07, 6.45) is -2.43. The largest absolute Gasteiger partial charge is 0.482 e. The minimum atomic E-state index is -4.51. The fraction of sp³-hybridized carbons (Fsp3) is 0.250. The van der Waals surface area contributed by atoms with Crippen molar-refractivity contribution < 1.29 is 27.8 Å². The third-order valence-corrected chi connectivity index (χ3v) is 1.41. The lowest BCUT2D eigenvalue weighted by Gasteiger charge is -2.10. The molecule has 0 spiro atoms. The van der Waals surface area contributed by atoms with Crippen LogP contribution in [0.3, 0.4) is 0 Å². The quantitative estimate of drug-likeness (QED) is 0.901. The fourth-order valence-corrected chi connectivity index (χ4v) is 0.831. The molecule has 16 heavy (non-hydrogen) atoms. The number of carboxylic acids is 1. The summed E-state index contributed by atoms with van der Waals surface area (Å²) in [5.74, 6) is -1.77. The van der Waals surface area contributed by atoms with E-state index in [4.69, 9.17) is 5.11 Å². The van der Waals surface area contributed by atoms with Crippen LogP contribution in [0.4, 0.5) is 13.2 Å². The Kier molecular flexibility index (Phi) is 5.03. The van der Waals surface area contributed by atoms with Crippen molar-refractivity contribution in [3.8, 4) is 5.75 Å². The number of rotatable bonds is 3. The predicted octanol–water partition coefficient (Wildman–Crippen LogP) is 2.14. The Morgan fingerprint density at radius 3 is 2.62 bits per heavy atom. The molecule has 0 atom stereocenters. The molecule has 0 aliphatic carbocycles. The molecular weight excluding hydrogens is 251 g/mol. The number of hydrogen-bond donors (Lipinski definition) is 1. The molecule has 1 aromatic rings. The molecule has 0 saturated carbocycles. The molecule has 0 radical (unpaired) electrons. The topological polar surface area (TPSA) is 59.4 Å². The lowest BCUT2D eigenvalue weighted by atomic mass is 10.2. The molecule has 0 aliphatic heterocycles. The highest BCUT2D eigenvalue weighted by Gasteiger charge is 2.29. The summed E-state index contributed by atoms with van der Waals surface area (Å²) in [7, 11) is 0.